The van der Waals surface area contributed by atoms with Crippen LogP contribution in [0.4, 0.5) is 10.1 Å². The lowest BCUT2D eigenvalue weighted by molar-refractivity contribution is -0.128. The lowest BCUT2D eigenvalue weighted by atomic mass is 10.0. The van der Waals surface area contributed by atoms with E-state index in [4.69, 9.17) is 12.2 Å². The average molecular weight is 373 g/mol. The number of carbonyl (C=O) groups excluding carboxylic acids is 2. The molecular formula is C19H20FN3O2S. The molecule has 136 valence electrons. The molecule has 0 aromatic heterocycles. The van der Waals surface area contributed by atoms with Crippen molar-refractivity contribution >= 4 is 40.9 Å². The maximum atomic E-state index is 14.6. The Bertz CT molecular complexity index is 828. The van der Waals surface area contributed by atoms with Crippen LogP contribution in [0.1, 0.15) is 24.0 Å². The van der Waals surface area contributed by atoms with Crippen LogP contribution in [0.5, 0.6) is 0 Å². The zero-order chi connectivity index (χ0) is 18.8. The minimum absolute atomic E-state index is 0.0457. The van der Waals surface area contributed by atoms with E-state index < -0.39 is 11.8 Å². The van der Waals surface area contributed by atoms with Crippen LogP contribution in [0.3, 0.4) is 0 Å². The maximum Gasteiger partial charge on any atom is 0.265 e. The summed E-state index contributed by atoms with van der Waals surface area (Å²) in [6.07, 6.45) is 5.05. The summed E-state index contributed by atoms with van der Waals surface area (Å²) in [4.78, 5) is 28.0. The van der Waals surface area contributed by atoms with Gasteiger partial charge in [0.05, 0.1) is 5.69 Å². The molecule has 2 fully saturated rings. The van der Waals surface area contributed by atoms with Crippen LogP contribution in [0.25, 0.3) is 6.08 Å². The molecule has 0 aliphatic carbocycles. The van der Waals surface area contributed by atoms with Gasteiger partial charge in [-0.25, -0.2) is 4.39 Å². The lowest BCUT2D eigenvalue weighted by Gasteiger charge is -2.28. The van der Waals surface area contributed by atoms with Crippen molar-refractivity contribution in [1.82, 2.24) is 10.2 Å². The van der Waals surface area contributed by atoms with E-state index in [1.54, 1.807) is 6.07 Å². The molecule has 2 aliphatic rings. The fourth-order valence-electron chi connectivity index (χ4n) is 3.18. The summed E-state index contributed by atoms with van der Waals surface area (Å²) in [7, 11) is 0. The molecule has 0 saturated carbocycles. The van der Waals surface area contributed by atoms with Gasteiger partial charge in [-0.15, -0.1) is 6.58 Å². The van der Waals surface area contributed by atoms with Gasteiger partial charge in [0.15, 0.2) is 5.11 Å². The zero-order valence-electron chi connectivity index (χ0n) is 14.5. The van der Waals surface area contributed by atoms with Crippen LogP contribution in [-0.4, -0.2) is 41.5 Å². The number of hydrogen-bond donors (Lipinski definition) is 1. The quantitative estimate of drug-likeness (QED) is 0.381. The number of nitrogens with one attached hydrogen (secondary N) is 1. The van der Waals surface area contributed by atoms with Gasteiger partial charge in [-0.3, -0.25) is 19.8 Å². The van der Waals surface area contributed by atoms with Gasteiger partial charge in [-0.2, -0.15) is 0 Å². The molecule has 0 atom stereocenters. The third kappa shape index (κ3) is 3.39. The molecule has 1 N–H and O–H groups in total. The monoisotopic (exact) mass is 373 g/mol. The second kappa shape index (κ2) is 7.37. The van der Waals surface area contributed by atoms with Crippen molar-refractivity contribution in [3.05, 3.63) is 47.3 Å². The predicted octanol–water partition coefficient (Wildman–Crippen LogP) is 2.55. The van der Waals surface area contributed by atoms with Gasteiger partial charge in [0.2, 0.25) is 0 Å². The van der Waals surface area contributed by atoms with Crippen molar-refractivity contribution < 1.29 is 14.0 Å². The number of thiocarbonyl (C=S) groups is 1. The standard InChI is InChI=1S/C19H20FN3O2S/c1-3-6-23-18(25)14(17(24)21-19(23)26)10-13-11-15(20)16(9-12(13)2)22-7-4-5-8-22/h3,9-11H,1,4-8H2,2H3,(H,21,24,26). The maximum absolute atomic E-state index is 14.6. The topological polar surface area (TPSA) is 52.7 Å². The molecule has 3 rings (SSSR count). The molecule has 7 heteroatoms. The van der Waals surface area contributed by atoms with Crippen LogP contribution in [-0.2, 0) is 9.59 Å². The molecule has 5 nitrogen and oxygen atoms in total. The van der Waals surface area contributed by atoms with Gasteiger partial charge in [-0.05, 0) is 61.3 Å². The summed E-state index contributed by atoms with van der Waals surface area (Å²) < 4.78 is 14.6. The van der Waals surface area contributed by atoms with E-state index in [1.165, 1.54) is 23.1 Å². The highest BCUT2D eigenvalue weighted by molar-refractivity contribution is 7.80. The molecule has 2 aliphatic heterocycles. The molecule has 1 aromatic carbocycles. The van der Waals surface area contributed by atoms with E-state index in [0.29, 0.717) is 11.3 Å². The highest BCUT2D eigenvalue weighted by Gasteiger charge is 2.32. The predicted molar refractivity (Wildman–Crippen MR) is 103 cm³/mol. The van der Waals surface area contributed by atoms with Crippen LogP contribution >= 0.6 is 12.2 Å². The molecule has 26 heavy (non-hydrogen) atoms. The first-order chi connectivity index (χ1) is 12.4. The SMILES string of the molecule is C=CCN1C(=O)C(=Cc2cc(F)c(N3CCCC3)cc2C)C(=O)NC1=S. The largest absolute Gasteiger partial charge is 0.369 e. The van der Waals surface area contributed by atoms with E-state index in [2.05, 4.69) is 11.9 Å². The van der Waals surface area contributed by atoms with Crippen LogP contribution in [0.15, 0.2) is 30.4 Å². The van der Waals surface area contributed by atoms with Crippen molar-refractivity contribution in [2.45, 2.75) is 19.8 Å². The molecule has 0 radical (unpaired) electrons. The van der Waals surface area contributed by atoms with Crippen molar-refractivity contribution in [3.63, 3.8) is 0 Å². The van der Waals surface area contributed by atoms with Crippen molar-refractivity contribution in [1.29, 1.82) is 0 Å². The highest BCUT2D eigenvalue weighted by Crippen LogP contribution is 2.28. The molecule has 2 saturated heterocycles. The normalized spacial score (nSPS) is 19.3. The number of nitrogens with zero attached hydrogens (tertiary/aromatic N) is 2. The molecule has 0 spiro atoms. The number of anilines is 1. The van der Waals surface area contributed by atoms with Gasteiger partial charge in [0.1, 0.15) is 11.4 Å². The van der Waals surface area contributed by atoms with Gasteiger partial charge in [-0.1, -0.05) is 6.08 Å². The van der Waals surface area contributed by atoms with E-state index in [0.717, 1.165) is 31.5 Å². The van der Waals surface area contributed by atoms with Crippen LogP contribution in [0.2, 0.25) is 0 Å². The Balaban J connectivity index is 1.96. The highest BCUT2D eigenvalue weighted by atomic mass is 32.1. The van der Waals surface area contributed by atoms with Crippen molar-refractivity contribution in [2.24, 2.45) is 0 Å². The van der Waals surface area contributed by atoms with E-state index in [-0.39, 0.29) is 23.0 Å². The zero-order valence-corrected chi connectivity index (χ0v) is 15.4. The Morgan fingerprint density at radius 2 is 2.00 bits per heavy atom. The summed E-state index contributed by atoms with van der Waals surface area (Å²) in [5.74, 6) is -1.45. The number of halogens is 1. The third-order valence-corrected chi connectivity index (χ3v) is 4.90. The number of amides is 2. The van der Waals surface area contributed by atoms with Crippen LogP contribution in [0, 0.1) is 12.7 Å². The molecule has 1 aromatic rings. The van der Waals surface area contributed by atoms with Crippen molar-refractivity contribution in [3.8, 4) is 0 Å². The van der Waals surface area contributed by atoms with Crippen molar-refractivity contribution in [2.75, 3.05) is 24.5 Å². The minimum atomic E-state index is -0.580. The number of aryl methyl sites for hydroxylation is 1. The second-order valence-corrected chi connectivity index (χ2v) is 6.76. The minimum Gasteiger partial charge on any atom is -0.369 e. The number of benzene rings is 1. The Labute approximate surface area is 157 Å². The fourth-order valence-corrected chi connectivity index (χ4v) is 3.43. The lowest BCUT2D eigenvalue weighted by Crippen LogP contribution is -2.53. The number of carbonyl (C=O) groups is 2. The number of hydrogen-bond acceptors (Lipinski definition) is 4. The van der Waals surface area contributed by atoms with E-state index >= 15 is 0 Å². The molecular weight excluding hydrogens is 353 g/mol. The first-order valence-corrected chi connectivity index (χ1v) is 8.88. The average Bonchev–Trinajstić information content (AvgIpc) is 3.12. The summed E-state index contributed by atoms with van der Waals surface area (Å²) in [6, 6.07) is 3.14. The van der Waals surface area contributed by atoms with Gasteiger partial charge < -0.3 is 4.90 Å². The Morgan fingerprint density at radius 3 is 2.65 bits per heavy atom. The summed E-state index contributed by atoms with van der Waals surface area (Å²) in [6.45, 7) is 7.29. The molecule has 2 heterocycles. The Morgan fingerprint density at radius 1 is 1.31 bits per heavy atom. The fraction of sp³-hybridized carbons (Fsp3) is 0.316. The van der Waals surface area contributed by atoms with Gasteiger partial charge >= 0.3 is 0 Å². The smallest absolute Gasteiger partial charge is 0.265 e. The molecule has 2 amide bonds. The number of rotatable bonds is 4. The third-order valence-electron chi connectivity index (χ3n) is 4.58. The summed E-state index contributed by atoms with van der Waals surface area (Å²) >= 11 is 5.02. The Hall–Kier alpha value is -2.54. The van der Waals surface area contributed by atoms with Gasteiger partial charge in [0.25, 0.3) is 11.8 Å². The molecule has 0 bridgehead atoms. The Kier molecular flexibility index (Phi) is 5.18. The second-order valence-electron chi connectivity index (χ2n) is 6.38. The molecule has 0 unspecified atom stereocenters. The van der Waals surface area contributed by atoms with Gasteiger partial charge in [0, 0.05) is 19.6 Å². The first kappa shape index (κ1) is 18.3. The summed E-state index contributed by atoms with van der Waals surface area (Å²) in [5, 5.41) is 2.53. The summed E-state index contributed by atoms with van der Waals surface area (Å²) in [5.41, 5.74) is 1.79. The van der Waals surface area contributed by atoms with E-state index in [9.17, 15) is 14.0 Å². The first-order valence-electron chi connectivity index (χ1n) is 8.47. The van der Waals surface area contributed by atoms with E-state index in [1.807, 2.05) is 11.8 Å². The van der Waals surface area contributed by atoms with Crippen LogP contribution < -0.4 is 10.2 Å².